The molecule has 0 saturated heterocycles. The maximum atomic E-state index is 13.3. The Hall–Kier alpha value is -1.66. The normalized spacial score (nSPS) is 13.2. The van der Waals surface area contributed by atoms with E-state index < -0.39 is 18.2 Å². The molecule has 0 aromatic heterocycles. The van der Waals surface area contributed by atoms with Crippen molar-refractivity contribution in [1.29, 1.82) is 0 Å². The molecule has 0 saturated carbocycles. The molecule has 0 heterocycles. The number of carbonyl (C=O) groups is 2. The first-order valence-electron chi connectivity index (χ1n) is 29.1. The zero-order chi connectivity index (χ0) is 47.4. The lowest BCUT2D eigenvalue weighted by atomic mass is 10.0. The zero-order valence-corrected chi connectivity index (χ0v) is 43.9. The maximum Gasteiger partial charge on any atom is 0.306 e. The van der Waals surface area contributed by atoms with Gasteiger partial charge in [-0.2, -0.15) is 0 Å². The van der Waals surface area contributed by atoms with Gasteiger partial charge in [0, 0.05) is 6.42 Å². The van der Waals surface area contributed by atoms with E-state index in [9.17, 15) is 19.8 Å². The highest BCUT2D eigenvalue weighted by molar-refractivity contribution is 5.77. The molecule has 65 heavy (non-hydrogen) atoms. The fourth-order valence-corrected chi connectivity index (χ4v) is 9.13. The molecular weight excluding hydrogens is 803 g/mol. The number of aliphatic hydroxyl groups excluding tert-OH is 2. The molecule has 0 fully saturated rings. The van der Waals surface area contributed by atoms with Gasteiger partial charge < -0.3 is 20.3 Å². The Bertz CT molecular complexity index is 1030. The summed E-state index contributed by atoms with van der Waals surface area (Å²) in [6.07, 6.45) is 62.4. The first-order chi connectivity index (χ1) is 32.0. The van der Waals surface area contributed by atoms with Gasteiger partial charge in [0.1, 0.15) is 6.10 Å². The van der Waals surface area contributed by atoms with Crippen molar-refractivity contribution in [1.82, 2.24) is 5.32 Å². The second-order valence-corrected chi connectivity index (χ2v) is 20.1. The van der Waals surface area contributed by atoms with Crippen molar-refractivity contribution in [2.75, 3.05) is 6.61 Å². The van der Waals surface area contributed by atoms with Crippen LogP contribution >= 0.6 is 0 Å². The molecule has 3 unspecified atom stereocenters. The maximum absolute atomic E-state index is 13.3. The summed E-state index contributed by atoms with van der Waals surface area (Å²) in [6.45, 7) is 6.51. The summed E-state index contributed by atoms with van der Waals surface area (Å²) in [5.74, 6) is -0.471. The molecule has 0 spiro atoms. The van der Waals surface area contributed by atoms with Crippen molar-refractivity contribution in [3.05, 3.63) is 24.3 Å². The van der Waals surface area contributed by atoms with E-state index in [0.29, 0.717) is 19.3 Å². The topological polar surface area (TPSA) is 95.9 Å². The third-order valence-electron chi connectivity index (χ3n) is 13.6. The molecule has 0 aliphatic carbocycles. The van der Waals surface area contributed by atoms with Crippen LogP contribution in [0.15, 0.2) is 24.3 Å². The minimum atomic E-state index is -0.786. The molecule has 0 aliphatic heterocycles. The molecule has 0 rings (SSSR count). The largest absolute Gasteiger partial charge is 0.462 e. The van der Waals surface area contributed by atoms with Gasteiger partial charge in [-0.25, -0.2) is 0 Å². The van der Waals surface area contributed by atoms with Gasteiger partial charge in [-0.15, -0.1) is 0 Å². The Labute approximate surface area is 405 Å². The van der Waals surface area contributed by atoms with Gasteiger partial charge in [-0.05, 0) is 51.4 Å². The molecule has 6 nitrogen and oxygen atoms in total. The monoisotopic (exact) mass is 916 g/mol. The van der Waals surface area contributed by atoms with Gasteiger partial charge in [-0.1, -0.05) is 276 Å². The Kier molecular flexibility index (Phi) is 51.9. The van der Waals surface area contributed by atoms with Gasteiger partial charge in [0.2, 0.25) is 5.91 Å². The quantitative estimate of drug-likeness (QED) is 0.0321. The van der Waals surface area contributed by atoms with E-state index in [1.54, 1.807) is 0 Å². The van der Waals surface area contributed by atoms with Crippen LogP contribution in [-0.4, -0.2) is 46.9 Å². The number of ether oxygens (including phenoxy) is 1. The van der Waals surface area contributed by atoms with E-state index in [1.165, 1.54) is 218 Å². The predicted octanol–water partition coefficient (Wildman–Crippen LogP) is 17.9. The number of allylic oxidation sites excluding steroid dienone is 4. The predicted molar refractivity (Wildman–Crippen MR) is 283 cm³/mol. The van der Waals surface area contributed by atoms with Crippen LogP contribution in [0.1, 0.15) is 316 Å². The van der Waals surface area contributed by atoms with E-state index in [1.807, 2.05) is 0 Å². The molecule has 0 bridgehead atoms. The van der Waals surface area contributed by atoms with Gasteiger partial charge in [0.15, 0.2) is 0 Å². The second-order valence-electron chi connectivity index (χ2n) is 20.1. The van der Waals surface area contributed by atoms with Crippen molar-refractivity contribution in [3.8, 4) is 0 Å². The van der Waals surface area contributed by atoms with Crippen LogP contribution < -0.4 is 5.32 Å². The molecule has 0 radical (unpaired) electrons. The summed E-state index contributed by atoms with van der Waals surface area (Å²) >= 11 is 0. The van der Waals surface area contributed by atoms with Crippen molar-refractivity contribution < 1.29 is 24.5 Å². The molecule has 0 aromatic rings. The SMILES string of the molecule is CCCCCCCCC/C=C/C=C/CCCCCCCC(=O)OC(CCCCCCCCCCCCCCCCCC)CC(=O)NC(CO)C(O)CCCCCCCCCCCCCC. The van der Waals surface area contributed by atoms with E-state index >= 15 is 0 Å². The van der Waals surface area contributed by atoms with E-state index in [0.717, 1.165) is 51.4 Å². The smallest absolute Gasteiger partial charge is 0.306 e. The summed E-state index contributed by atoms with van der Waals surface area (Å²) in [5.41, 5.74) is 0. The molecule has 3 N–H and O–H groups in total. The second kappa shape index (κ2) is 53.3. The van der Waals surface area contributed by atoms with Gasteiger partial charge in [0.25, 0.3) is 0 Å². The highest BCUT2D eigenvalue weighted by Crippen LogP contribution is 2.19. The number of esters is 1. The van der Waals surface area contributed by atoms with Crippen LogP contribution in [0.5, 0.6) is 0 Å². The van der Waals surface area contributed by atoms with E-state index in [-0.39, 0.29) is 24.9 Å². The van der Waals surface area contributed by atoms with Gasteiger partial charge in [-0.3, -0.25) is 9.59 Å². The summed E-state index contributed by atoms with van der Waals surface area (Å²) in [4.78, 5) is 26.3. The average molecular weight is 917 g/mol. The number of hydrogen-bond donors (Lipinski definition) is 3. The van der Waals surface area contributed by atoms with Crippen molar-refractivity contribution >= 4 is 11.9 Å². The van der Waals surface area contributed by atoms with Crippen LogP contribution in [0.3, 0.4) is 0 Å². The lowest BCUT2D eigenvalue weighted by molar-refractivity contribution is -0.151. The van der Waals surface area contributed by atoms with Gasteiger partial charge >= 0.3 is 5.97 Å². The number of rotatable bonds is 53. The summed E-state index contributed by atoms with van der Waals surface area (Å²) in [6, 6.07) is -0.700. The number of amides is 1. The lowest BCUT2D eigenvalue weighted by Crippen LogP contribution is -2.46. The first-order valence-corrected chi connectivity index (χ1v) is 29.1. The van der Waals surface area contributed by atoms with Crippen LogP contribution in [0.2, 0.25) is 0 Å². The van der Waals surface area contributed by atoms with E-state index in [2.05, 4.69) is 50.4 Å². The minimum absolute atomic E-state index is 0.0775. The molecule has 384 valence electrons. The molecule has 0 aromatic carbocycles. The van der Waals surface area contributed by atoms with Crippen molar-refractivity contribution in [2.45, 2.75) is 334 Å². The number of nitrogens with one attached hydrogen (secondary N) is 1. The number of aliphatic hydroxyl groups is 2. The number of unbranched alkanes of at least 4 members (excludes halogenated alkanes) is 38. The fourth-order valence-electron chi connectivity index (χ4n) is 9.13. The summed E-state index contributed by atoms with van der Waals surface area (Å²) in [5, 5.41) is 23.8. The molecule has 1 amide bonds. The Morgan fingerprint density at radius 3 is 1.14 bits per heavy atom. The Balaban J connectivity index is 4.55. The lowest BCUT2D eigenvalue weighted by Gasteiger charge is -2.24. The van der Waals surface area contributed by atoms with Crippen molar-refractivity contribution in [2.24, 2.45) is 0 Å². The molecule has 6 heteroatoms. The number of hydrogen-bond acceptors (Lipinski definition) is 5. The van der Waals surface area contributed by atoms with Crippen LogP contribution in [-0.2, 0) is 14.3 Å². The average Bonchev–Trinajstić information content (AvgIpc) is 3.30. The van der Waals surface area contributed by atoms with Crippen LogP contribution in [0, 0.1) is 0 Å². The highest BCUT2D eigenvalue weighted by Gasteiger charge is 2.24. The standard InChI is InChI=1S/C59H113NO5/c1-4-7-10-13-16-19-22-25-27-29-30-32-34-37-40-43-46-49-52-59(64)65-55(50-47-44-41-38-35-33-31-28-26-23-20-17-14-11-8-5-2)53-58(63)60-56(54-61)57(62)51-48-45-42-39-36-24-21-18-15-12-9-6-3/h27,29-30,32,55-57,61-62H,4-26,28,31,33-54H2,1-3H3,(H,60,63)/b29-27+,32-30+. The van der Waals surface area contributed by atoms with Crippen molar-refractivity contribution in [3.63, 3.8) is 0 Å². The van der Waals surface area contributed by atoms with E-state index in [4.69, 9.17) is 4.74 Å². The summed E-state index contributed by atoms with van der Waals surface area (Å²) in [7, 11) is 0. The van der Waals surface area contributed by atoms with Gasteiger partial charge in [0.05, 0.1) is 25.2 Å². The Morgan fingerprint density at radius 1 is 0.446 bits per heavy atom. The highest BCUT2D eigenvalue weighted by atomic mass is 16.5. The zero-order valence-electron chi connectivity index (χ0n) is 43.9. The van der Waals surface area contributed by atoms with Crippen LogP contribution in [0.4, 0.5) is 0 Å². The Morgan fingerprint density at radius 2 is 0.769 bits per heavy atom. The van der Waals surface area contributed by atoms with Crippen LogP contribution in [0.25, 0.3) is 0 Å². The minimum Gasteiger partial charge on any atom is -0.462 e. The number of carbonyl (C=O) groups excluding carboxylic acids is 2. The molecule has 3 atom stereocenters. The third-order valence-corrected chi connectivity index (χ3v) is 13.6. The fraction of sp³-hybridized carbons (Fsp3) is 0.898. The molecular formula is C59H113NO5. The molecule has 0 aliphatic rings. The first kappa shape index (κ1) is 63.3. The summed E-state index contributed by atoms with van der Waals surface area (Å²) < 4.78 is 5.96. The third kappa shape index (κ3) is 48.6.